The Bertz CT molecular complexity index is 1040. The molecule has 6 nitrogen and oxygen atoms in total. The van der Waals surface area contributed by atoms with E-state index in [4.69, 9.17) is 4.74 Å². The van der Waals surface area contributed by atoms with Crippen molar-refractivity contribution in [2.45, 2.75) is 18.6 Å². The first-order valence-corrected chi connectivity index (χ1v) is 9.88. The first-order valence-electron chi connectivity index (χ1n) is 8.89. The molecular weight excluding hydrogens is 391 g/mol. The maximum absolute atomic E-state index is 14.2. The summed E-state index contributed by atoms with van der Waals surface area (Å²) in [5.41, 5.74) is 1.97. The number of anilines is 1. The van der Waals surface area contributed by atoms with Gasteiger partial charge in [0, 0.05) is 6.54 Å². The van der Waals surface area contributed by atoms with Crippen LogP contribution >= 0.6 is 11.8 Å². The number of benzene rings is 2. The van der Waals surface area contributed by atoms with Crippen molar-refractivity contribution in [2.75, 3.05) is 18.2 Å². The number of ether oxygens (including phenoxy) is 1. The van der Waals surface area contributed by atoms with Gasteiger partial charge in [0.2, 0.25) is 5.91 Å². The molecule has 3 aromatic rings. The maximum atomic E-state index is 14.2. The van der Waals surface area contributed by atoms with E-state index in [2.05, 4.69) is 22.1 Å². The number of aromatic nitrogens is 3. The minimum atomic E-state index is -0.383. The molecule has 0 fully saturated rings. The number of halogens is 1. The van der Waals surface area contributed by atoms with E-state index in [0.717, 1.165) is 5.56 Å². The van der Waals surface area contributed by atoms with Crippen LogP contribution in [0.25, 0.3) is 11.4 Å². The number of amides is 1. The van der Waals surface area contributed by atoms with Gasteiger partial charge in [0.25, 0.3) is 0 Å². The highest BCUT2D eigenvalue weighted by Gasteiger charge is 2.17. The second kappa shape index (κ2) is 9.38. The molecule has 1 amide bonds. The number of aryl methyl sites for hydroxylation is 1. The Kier molecular flexibility index (Phi) is 6.66. The monoisotopic (exact) mass is 412 g/mol. The van der Waals surface area contributed by atoms with Gasteiger partial charge in [0.05, 0.1) is 24.1 Å². The molecule has 0 unspecified atom stereocenters. The predicted molar refractivity (Wildman–Crippen MR) is 113 cm³/mol. The molecule has 0 atom stereocenters. The van der Waals surface area contributed by atoms with Crippen LogP contribution in [0.15, 0.2) is 60.3 Å². The SMILES string of the molecule is C=CCn1c(SCC(=O)Nc2cc(C)ccc2OC)nnc1-c1ccccc1F. The van der Waals surface area contributed by atoms with Crippen LogP contribution in [0.2, 0.25) is 0 Å². The predicted octanol–water partition coefficient (Wildman–Crippen LogP) is 4.32. The molecule has 0 aliphatic rings. The molecule has 150 valence electrons. The number of allylic oxidation sites excluding steroid dienone is 1. The Morgan fingerprint density at radius 2 is 2.10 bits per heavy atom. The molecule has 0 aliphatic carbocycles. The Labute approximate surface area is 172 Å². The summed E-state index contributed by atoms with van der Waals surface area (Å²) in [6.45, 7) is 6.07. The fraction of sp³-hybridized carbons (Fsp3) is 0.190. The van der Waals surface area contributed by atoms with Gasteiger partial charge in [-0.15, -0.1) is 16.8 Å². The molecule has 0 radical (unpaired) electrons. The van der Waals surface area contributed by atoms with E-state index in [1.807, 2.05) is 19.1 Å². The zero-order chi connectivity index (χ0) is 20.8. The van der Waals surface area contributed by atoms with Gasteiger partial charge in [0.1, 0.15) is 11.6 Å². The highest BCUT2D eigenvalue weighted by molar-refractivity contribution is 7.99. The molecule has 0 bridgehead atoms. The topological polar surface area (TPSA) is 69.0 Å². The summed E-state index contributed by atoms with van der Waals surface area (Å²) in [6.07, 6.45) is 1.68. The Morgan fingerprint density at radius 3 is 2.83 bits per heavy atom. The molecule has 8 heteroatoms. The first kappa shape index (κ1) is 20.6. The van der Waals surface area contributed by atoms with E-state index >= 15 is 0 Å². The number of carbonyl (C=O) groups is 1. The van der Waals surface area contributed by atoms with Crippen LogP contribution in [-0.4, -0.2) is 33.5 Å². The van der Waals surface area contributed by atoms with Crippen molar-refractivity contribution in [1.82, 2.24) is 14.8 Å². The van der Waals surface area contributed by atoms with E-state index in [9.17, 15) is 9.18 Å². The molecule has 0 saturated carbocycles. The van der Waals surface area contributed by atoms with E-state index < -0.39 is 0 Å². The highest BCUT2D eigenvalue weighted by atomic mass is 32.2. The highest BCUT2D eigenvalue weighted by Crippen LogP contribution is 2.28. The Balaban J connectivity index is 1.76. The van der Waals surface area contributed by atoms with Crippen molar-refractivity contribution in [3.63, 3.8) is 0 Å². The summed E-state index contributed by atoms with van der Waals surface area (Å²) >= 11 is 1.22. The number of nitrogens with zero attached hydrogens (tertiary/aromatic N) is 3. The summed E-state index contributed by atoms with van der Waals surface area (Å²) in [7, 11) is 1.55. The van der Waals surface area contributed by atoms with Gasteiger partial charge in [-0.3, -0.25) is 9.36 Å². The molecule has 1 aromatic heterocycles. The fourth-order valence-electron chi connectivity index (χ4n) is 2.77. The van der Waals surface area contributed by atoms with E-state index in [1.54, 1.807) is 42.0 Å². The summed E-state index contributed by atoms with van der Waals surface area (Å²) in [6, 6.07) is 11.9. The summed E-state index contributed by atoms with van der Waals surface area (Å²) in [5, 5.41) is 11.6. The van der Waals surface area contributed by atoms with Crippen molar-refractivity contribution < 1.29 is 13.9 Å². The molecule has 3 rings (SSSR count). The van der Waals surface area contributed by atoms with Crippen molar-refractivity contribution in [3.8, 4) is 17.1 Å². The van der Waals surface area contributed by atoms with Crippen LogP contribution in [-0.2, 0) is 11.3 Å². The summed E-state index contributed by atoms with van der Waals surface area (Å²) in [5.74, 6) is 0.506. The summed E-state index contributed by atoms with van der Waals surface area (Å²) < 4.78 is 21.2. The minimum Gasteiger partial charge on any atom is -0.495 e. The van der Waals surface area contributed by atoms with Crippen LogP contribution in [0.4, 0.5) is 10.1 Å². The minimum absolute atomic E-state index is 0.115. The number of carbonyl (C=O) groups excluding carboxylic acids is 1. The molecule has 1 heterocycles. The maximum Gasteiger partial charge on any atom is 0.234 e. The van der Waals surface area contributed by atoms with Crippen molar-refractivity contribution in [1.29, 1.82) is 0 Å². The smallest absolute Gasteiger partial charge is 0.234 e. The van der Waals surface area contributed by atoms with Crippen LogP contribution in [0, 0.1) is 12.7 Å². The fourth-order valence-corrected chi connectivity index (χ4v) is 3.51. The van der Waals surface area contributed by atoms with Crippen molar-refractivity contribution in [3.05, 3.63) is 66.5 Å². The van der Waals surface area contributed by atoms with Gasteiger partial charge in [0.15, 0.2) is 11.0 Å². The van der Waals surface area contributed by atoms with E-state index in [1.165, 1.54) is 17.8 Å². The Morgan fingerprint density at radius 1 is 1.31 bits per heavy atom. The molecule has 29 heavy (non-hydrogen) atoms. The van der Waals surface area contributed by atoms with Crippen LogP contribution in [0.5, 0.6) is 5.75 Å². The second-order valence-electron chi connectivity index (χ2n) is 6.23. The average molecular weight is 412 g/mol. The number of thioether (sulfide) groups is 1. The van der Waals surface area contributed by atoms with Gasteiger partial charge in [-0.25, -0.2) is 4.39 Å². The van der Waals surface area contributed by atoms with Gasteiger partial charge in [-0.05, 0) is 36.8 Å². The lowest BCUT2D eigenvalue weighted by atomic mass is 10.2. The lowest BCUT2D eigenvalue weighted by molar-refractivity contribution is -0.113. The van der Waals surface area contributed by atoms with Gasteiger partial charge in [-0.1, -0.05) is 36.0 Å². The quantitative estimate of drug-likeness (QED) is 0.441. The lowest BCUT2D eigenvalue weighted by Crippen LogP contribution is -2.15. The van der Waals surface area contributed by atoms with Gasteiger partial charge < -0.3 is 10.1 Å². The molecule has 0 spiro atoms. The van der Waals surface area contributed by atoms with Gasteiger partial charge in [-0.2, -0.15) is 0 Å². The number of hydrogen-bond donors (Lipinski definition) is 1. The number of methoxy groups -OCH3 is 1. The van der Waals surface area contributed by atoms with Gasteiger partial charge >= 0.3 is 0 Å². The normalized spacial score (nSPS) is 10.6. The zero-order valence-electron chi connectivity index (χ0n) is 16.2. The standard InChI is InChI=1S/C21H21FN4O2S/c1-4-11-26-20(15-7-5-6-8-16(15)22)24-25-21(26)29-13-19(27)23-17-12-14(2)9-10-18(17)28-3/h4-10,12H,1,11,13H2,2-3H3,(H,23,27). The van der Waals surface area contributed by atoms with Crippen LogP contribution in [0.3, 0.4) is 0 Å². The van der Waals surface area contributed by atoms with E-state index in [0.29, 0.717) is 34.5 Å². The third-order valence-electron chi connectivity index (χ3n) is 4.10. The first-order chi connectivity index (χ1) is 14.0. The number of rotatable bonds is 8. The number of hydrogen-bond acceptors (Lipinski definition) is 5. The molecule has 1 N–H and O–H groups in total. The Hall–Kier alpha value is -3.13. The average Bonchev–Trinajstić information content (AvgIpc) is 3.10. The third-order valence-corrected chi connectivity index (χ3v) is 5.07. The molecule has 0 aliphatic heterocycles. The van der Waals surface area contributed by atoms with Crippen molar-refractivity contribution >= 4 is 23.4 Å². The van der Waals surface area contributed by atoms with Crippen molar-refractivity contribution in [2.24, 2.45) is 0 Å². The lowest BCUT2D eigenvalue weighted by Gasteiger charge is -2.11. The molecule has 2 aromatic carbocycles. The number of nitrogens with one attached hydrogen (secondary N) is 1. The third kappa shape index (κ3) is 4.83. The largest absolute Gasteiger partial charge is 0.495 e. The van der Waals surface area contributed by atoms with Crippen LogP contribution < -0.4 is 10.1 Å². The van der Waals surface area contributed by atoms with E-state index in [-0.39, 0.29) is 17.5 Å². The summed E-state index contributed by atoms with van der Waals surface area (Å²) in [4.78, 5) is 12.4. The molecule has 0 saturated heterocycles. The zero-order valence-corrected chi connectivity index (χ0v) is 17.0. The second-order valence-corrected chi connectivity index (χ2v) is 7.17. The molecular formula is C21H21FN4O2S. The van der Waals surface area contributed by atoms with Crippen LogP contribution in [0.1, 0.15) is 5.56 Å².